The number of ether oxygens (including phenoxy) is 1. The Labute approximate surface area is 146 Å². The smallest absolute Gasteiger partial charge is 0.293 e. The predicted molar refractivity (Wildman–Crippen MR) is 97.7 cm³/mol. The fraction of sp³-hybridized carbons (Fsp3) is 0.579. The van der Waals surface area contributed by atoms with Gasteiger partial charge in [-0.1, -0.05) is 35.9 Å². The summed E-state index contributed by atoms with van der Waals surface area (Å²) in [6.07, 6.45) is 1.94. The van der Waals surface area contributed by atoms with Gasteiger partial charge in [-0.15, -0.1) is 0 Å². The van der Waals surface area contributed by atoms with Gasteiger partial charge in [0.15, 0.2) is 0 Å². The molecule has 0 spiro atoms. The molecule has 0 atom stereocenters. The molecule has 1 aromatic rings. The topological polar surface area (TPSA) is 81.4 Å². The van der Waals surface area contributed by atoms with Crippen LogP contribution in [0.25, 0.3) is 0 Å². The average molecular weight is 336 g/mol. The third-order valence-corrected chi connectivity index (χ3v) is 3.34. The van der Waals surface area contributed by atoms with Gasteiger partial charge in [-0.3, -0.25) is 9.59 Å². The maximum atomic E-state index is 11.0. The lowest BCUT2D eigenvalue weighted by Gasteiger charge is -2.20. The van der Waals surface area contributed by atoms with Gasteiger partial charge in [0.05, 0.1) is 6.54 Å². The van der Waals surface area contributed by atoms with Gasteiger partial charge in [0, 0.05) is 5.92 Å². The lowest BCUT2D eigenvalue weighted by Crippen LogP contribution is -2.34. The van der Waals surface area contributed by atoms with E-state index in [9.17, 15) is 9.59 Å². The molecule has 0 radical (unpaired) electrons. The molecule has 1 fully saturated rings. The summed E-state index contributed by atoms with van der Waals surface area (Å²) in [5, 5.41) is 3.20. The zero-order valence-electron chi connectivity index (χ0n) is 15.4. The van der Waals surface area contributed by atoms with Crippen LogP contribution in [0.15, 0.2) is 30.3 Å². The van der Waals surface area contributed by atoms with Crippen molar-refractivity contribution in [1.82, 2.24) is 5.32 Å². The number of nitrogens with two attached hydrogens (primary N) is 1. The van der Waals surface area contributed by atoms with E-state index in [4.69, 9.17) is 5.73 Å². The number of hydrogen-bond acceptors (Lipinski definition) is 5. The van der Waals surface area contributed by atoms with Crippen molar-refractivity contribution in [3.63, 3.8) is 0 Å². The fourth-order valence-electron chi connectivity index (χ4n) is 1.99. The van der Waals surface area contributed by atoms with E-state index in [-0.39, 0.29) is 23.8 Å². The first-order valence-electron chi connectivity index (χ1n) is 8.36. The van der Waals surface area contributed by atoms with Crippen LogP contribution in [0.3, 0.4) is 0 Å². The van der Waals surface area contributed by atoms with Crippen LogP contribution in [0.5, 0.6) is 0 Å². The monoisotopic (exact) mass is 336 g/mol. The standard InChI is InChI=1S/C7H14N2O.C7H8.C5H10O2/c8-5-7(10)6-1-3-9-4-2-6;1-7-5-3-2-4-6-7;1-5(2,3)7-4-6/h6,9H,1-5,8H2;2-6H,1H3;4H,1-3H3. The van der Waals surface area contributed by atoms with Crippen molar-refractivity contribution in [1.29, 1.82) is 0 Å². The first-order valence-corrected chi connectivity index (χ1v) is 8.36. The quantitative estimate of drug-likeness (QED) is 0.829. The van der Waals surface area contributed by atoms with Crippen LogP contribution >= 0.6 is 0 Å². The van der Waals surface area contributed by atoms with Crippen LogP contribution in [-0.4, -0.2) is 37.5 Å². The first-order chi connectivity index (χ1) is 11.3. The highest BCUT2D eigenvalue weighted by atomic mass is 16.5. The molecule has 5 nitrogen and oxygen atoms in total. The summed E-state index contributed by atoms with van der Waals surface area (Å²) >= 11 is 0. The minimum absolute atomic E-state index is 0.213. The van der Waals surface area contributed by atoms with E-state index < -0.39 is 0 Å². The zero-order chi connectivity index (χ0) is 18.4. The van der Waals surface area contributed by atoms with Gasteiger partial charge in [-0.25, -0.2) is 0 Å². The Morgan fingerprint density at radius 3 is 2.08 bits per heavy atom. The number of ketones is 1. The molecule has 0 unspecified atom stereocenters. The third-order valence-electron chi connectivity index (χ3n) is 3.34. The number of Topliss-reactive ketones (excluding diaryl/α,β-unsaturated/α-hetero) is 1. The highest BCUT2D eigenvalue weighted by molar-refractivity contribution is 5.82. The van der Waals surface area contributed by atoms with Crippen molar-refractivity contribution in [3.8, 4) is 0 Å². The molecule has 2 rings (SSSR count). The van der Waals surface area contributed by atoms with Gasteiger partial charge in [0.2, 0.25) is 0 Å². The van der Waals surface area contributed by atoms with Gasteiger partial charge in [0.1, 0.15) is 11.4 Å². The Balaban J connectivity index is 0.000000340. The van der Waals surface area contributed by atoms with E-state index in [2.05, 4.69) is 29.1 Å². The number of rotatable bonds is 3. The first kappa shape index (κ1) is 22.3. The van der Waals surface area contributed by atoms with Gasteiger partial charge >= 0.3 is 0 Å². The van der Waals surface area contributed by atoms with Crippen molar-refractivity contribution in [2.75, 3.05) is 19.6 Å². The van der Waals surface area contributed by atoms with Gasteiger partial charge < -0.3 is 15.8 Å². The molecule has 3 N–H and O–H groups in total. The van der Waals surface area contributed by atoms with Crippen LogP contribution < -0.4 is 11.1 Å². The lowest BCUT2D eigenvalue weighted by atomic mass is 9.94. The molecule has 5 heteroatoms. The zero-order valence-corrected chi connectivity index (χ0v) is 15.4. The molecule has 0 amide bonds. The molecule has 1 saturated heterocycles. The largest absolute Gasteiger partial charge is 0.462 e. The Hall–Kier alpha value is -1.72. The minimum Gasteiger partial charge on any atom is -0.462 e. The summed E-state index contributed by atoms with van der Waals surface area (Å²) in [7, 11) is 0. The average Bonchev–Trinajstić information content (AvgIpc) is 2.56. The van der Waals surface area contributed by atoms with Crippen LogP contribution in [0, 0.1) is 12.8 Å². The molecule has 0 aliphatic carbocycles. The van der Waals surface area contributed by atoms with E-state index in [0.29, 0.717) is 6.47 Å². The molecular weight excluding hydrogens is 304 g/mol. The summed E-state index contributed by atoms with van der Waals surface area (Å²) in [6, 6.07) is 10.3. The summed E-state index contributed by atoms with van der Waals surface area (Å²) in [5.41, 5.74) is 6.24. The number of carbonyl (C=O) groups excluding carboxylic acids is 2. The molecule has 1 aromatic carbocycles. The van der Waals surface area contributed by atoms with Crippen molar-refractivity contribution in [3.05, 3.63) is 35.9 Å². The molecule has 1 aliphatic rings. The van der Waals surface area contributed by atoms with E-state index in [0.717, 1.165) is 25.9 Å². The predicted octanol–water partition coefficient (Wildman–Crippen LogP) is 2.47. The van der Waals surface area contributed by atoms with Crippen LogP contribution in [-0.2, 0) is 14.3 Å². The Morgan fingerprint density at radius 1 is 1.25 bits per heavy atom. The fourth-order valence-corrected chi connectivity index (χ4v) is 1.99. The molecule has 0 saturated carbocycles. The maximum absolute atomic E-state index is 11.0. The maximum Gasteiger partial charge on any atom is 0.293 e. The molecule has 0 bridgehead atoms. The Morgan fingerprint density at radius 2 is 1.79 bits per heavy atom. The second-order valence-electron chi connectivity index (χ2n) is 6.68. The van der Waals surface area contributed by atoms with Gasteiger partial charge in [-0.2, -0.15) is 0 Å². The molecule has 1 heterocycles. The molecule has 24 heavy (non-hydrogen) atoms. The summed E-state index contributed by atoms with van der Waals surface area (Å²) in [4.78, 5) is 20.6. The van der Waals surface area contributed by atoms with Crippen LogP contribution in [0.1, 0.15) is 39.2 Å². The SMILES string of the molecule is CC(C)(C)OC=O.Cc1ccccc1.NCC(=O)C1CCNCC1. The van der Waals surface area contributed by atoms with Gasteiger partial charge in [0.25, 0.3) is 6.47 Å². The van der Waals surface area contributed by atoms with Gasteiger partial charge in [-0.05, 0) is 53.6 Å². The van der Waals surface area contributed by atoms with Crippen molar-refractivity contribution >= 4 is 12.3 Å². The van der Waals surface area contributed by atoms with Crippen molar-refractivity contribution < 1.29 is 14.3 Å². The number of nitrogens with one attached hydrogen (secondary N) is 1. The highest BCUT2D eigenvalue weighted by Crippen LogP contribution is 2.11. The third kappa shape index (κ3) is 12.8. The Kier molecular flexibility index (Phi) is 11.8. The van der Waals surface area contributed by atoms with E-state index in [1.54, 1.807) is 0 Å². The van der Waals surface area contributed by atoms with Crippen molar-refractivity contribution in [2.24, 2.45) is 11.7 Å². The number of aryl methyl sites for hydroxylation is 1. The van der Waals surface area contributed by atoms with Crippen molar-refractivity contribution in [2.45, 2.75) is 46.1 Å². The Bertz CT molecular complexity index is 449. The molecule has 1 aliphatic heterocycles. The van der Waals surface area contributed by atoms with E-state index in [1.807, 2.05) is 39.0 Å². The van der Waals surface area contributed by atoms with E-state index in [1.165, 1.54) is 5.56 Å². The number of piperidine rings is 1. The molecule has 0 aromatic heterocycles. The molecule has 136 valence electrons. The normalized spacial score (nSPS) is 14.4. The molecular formula is C19H32N2O3. The van der Waals surface area contributed by atoms with E-state index >= 15 is 0 Å². The number of benzene rings is 1. The highest BCUT2D eigenvalue weighted by Gasteiger charge is 2.18. The second-order valence-corrected chi connectivity index (χ2v) is 6.68. The second kappa shape index (κ2) is 12.7. The summed E-state index contributed by atoms with van der Waals surface area (Å²) < 4.78 is 4.55. The van der Waals surface area contributed by atoms with Crippen LogP contribution in [0.2, 0.25) is 0 Å². The lowest BCUT2D eigenvalue weighted by molar-refractivity contribution is -0.138. The minimum atomic E-state index is -0.318. The summed E-state index contributed by atoms with van der Waals surface area (Å²) in [6.45, 7) is 10.2. The van der Waals surface area contributed by atoms with Crippen LogP contribution in [0.4, 0.5) is 0 Å². The summed E-state index contributed by atoms with van der Waals surface area (Å²) in [5.74, 6) is 0.466. The number of carbonyl (C=O) groups is 2. The number of hydrogen-bond donors (Lipinski definition) is 2.